The molecule has 2 nitrogen and oxygen atoms in total. The summed E-state index contributed by atoms with van der Waals surface area (Å²) in [4.78, 5) is 0. The highest BCUT2D eigenvalue weighted by Gasteiger charge is 2.07. The average molecular weight is 276 g/mol. The fourth-order valence-corrected chi connectivity index (χ4v) is 2.05. The molecule has 0 fully saturated rings. The Morgan fingerprint density at radius 1 is 1.16 bits per heavy atom. The molecule has 0 aliphatic carbocycles. The van der Waals surface area contributed by atoms with Gasteiger partial charge in [-0.15, -0.1) is 0 Å². The minimum atomic E-state index is 0.278. The molecule has 0 spiro atoms. The molecule has 2 aromatic rings. The first-order valence-electron chi connectivity index (χ1n) is 6.34. The maximum absolute atomic E-state index is 6.24. The van der Waals surface area contributed by atoms with Crippen LogP contribution < -0.4 is 10.1 Å². The number of ether oxygens (including phenoxy) is 1. The second-order valence-electron chi connectivity index (χ2n) is 4.47. The fraction of sp³-hybridized carbons (Fsp3) is 0.250. The van der Waals surface area contributed by atoms with E-state index in [1.165, 1.54) is 0 Å². The van der Waals surface area contributed by atoms with E-state index in [0.29, 0.717) is 11.6 Å². The van der Waals surface area contributed by atoms with Gasteiger partial charge in [-0.2, -0.15) is 0 Å². The summed E-state index contributed by atoms with van der Waals surface area (Å²) >= 11 is 6.24. The molecular formula is C16H18ClNO. The van der Waals surface area contributed by atoms with E-state index in [-0.39, 0.29) is 6.04 Å². The Morgan fingerprint density at radius 2 is 1.89 bits per heavy atom. The van der Waals surface area contributed by atoms with E-state index in [0.717, 1.165) is 16.9 Å². The van der Waals surface area contributed by atoms with Crippen molar-refractivity contribution in [2.75, 3.05) is 7.05 Å². The zero-order chi connectivity index (χ0) is 13.7. The van der Waals surface area contributed by atoms with Crippen LogP contribution >= 0.6 is 11.6 Å². The number of hydrogen-bond donors (Lipinski definition) is 1. The van der Waals surface area contributed by atoms with Gasteiger partial charge in [0.1, 0.15) is 12.4 Å². The van der Waals surface area contributed by atoms with Gasteiger partial charge in [-0.1, -0.05) is 48.0 Å². The summed E-state index contributed by atoms with van der Waals surface area (Å²) in [5, 5.41) is 3.83. The van der Waals surface area contributed by atoms with Gasteiger partial charge in [0.15, 0.2) is 0 Å². The summed E-state index contributed by atoms with van der Waals surface area (Å²) < 4.78 is 5.74. The van der Waals surface area contributed by atoms with E-state index in [1.807, 2.05) is 55.6 Å². The third-order valence-electron chi connectivity index (χ3n) is 3.13. The molecule has 2 aromatic carbocycles. The predicted molar refractivity (Wildman–Crippen MR) is 79.7 cm³/mol. The van der Waals surface area contributed by atoms with Crippen molar-refractivity contribution >= 4 is 11.6 Å². The summed E-state index contributed by atoms with van der Waals surface area (Å²) in [6, 6.07) is 16.2. The van der Waals surface area contributed by atoms with Crippen molar-refractivity contribution in [1.82, 2.24) is 5.32 Å². The third-order valence-corrected chi connectivity index (χ3v) is 3.42. The lowest BCUT2D eigenvalue weighted by atomic mass is 10.1. The Kier molecular flexibility index (Phi) is 4.83. The quantitative estimate of drug-likeness (QED) is 0.883. The van der Waals surface area contributed by atoms with Gasteiger partial charge in [-0.25, -0.2) is 0 Å². The molecule has 100 valence electrons. The number of halogens is 1. The molecule has 0 bridgehead atoms. The lowest BCUT2D eigenvalue weighted by molar-refractivity contribution is 0.306. The maximum atomic E-state index is 6.24. The smallest absolute Gasteiger partial charge is 0.138 e. The molecular weight excluding hydrogens is 258 g/mol. The van der Waals surface area contributed by atoms with Crippen LogP contribution in [-0.4, -0.2) is 7.05 Å². The van der Waals surface area contributed by atoms with Crippen LogP contribution in [0.3, 0.4) is 0 Å². The topological polar surface area (TPSA) is 21.3 Å². The molecule has 0 radical (unpaired) electrons. The first-order chi connectivity index (χ1) is 9.20. The normalized spacial score (nSPS) is 12.2. The molecule has 1 N–H and O–H groups in total. The Bertz CT molecular complexity index is 528. The molecule has 1 unspecified atom stereocenters. The van der Waals surface area contributed by atoms with E-state index in [2.05, 4.69) is 12.2 Å². The van der Waals surface area contributed by atoms with Gasteiger partial charge in [0.05, 0.1) is 5.02 Å². The number of hydrogen-bond acceptors (Lipinski definition) is 2. The summed E-state index contributed by atoms with van der Waals surface area (Å²) in [5.41, 5.74) is 2.28. The SMILES string of the molecule is CNC(C)c1ccc(OCc2ccccc2)c(Cl)c1. The molecule has 0 amide bonds. The van der Waals surface area contributed by atoms with Crippen LogP contribution in [0.4, 0.5) is 0 Å². The largest absolute Gasteiger partial charge is 0.487 e. The number of rotatable bonds is 5. The Labute approximate surface area is 119 Å². The van der Waals surface area contributed by atoms with Crippen molar-refractivity contribution in [3.8, 4) is 5.75 Å². The van der Waals surface area contributed by atoms with Gasteiger partial charge in [0.25, 0.3) is 0 Å². The van der Waals surface area contributed by atoms with Gasteiger partial charge >= 0.3 is 0 Å². The second-order valence-corrected chi connectivity index (χ2v) is 4.88. The average Bonchev–Trinajstić information content (AvgIpc) is 2.46. The van der Waals surface area contributed by atoms with E-state index in [4.69, 9.17) is 16.3 Å². The highest BCUT2D eigenvalue weighted by Crippen LogP contribution is 2.28. The molecule has 0 saturated heterocycles. The van der Waals surface area contributed by atoms with E-state index >= 15 is 0 Å². The minimum Gasteiger partial charge on any atom is -0.487 e. The molecule has 1 atom stereocenters. The van der Waals surface area contributed by atoms with Gasteiger partial charge in [0, 0.05) is 6.04 Å². The first-order valence-corrected chi connectivity index (χ1v) is 6.72. The molecule has 19 heavy (non-hydrogen) atoms. The monoisotopic (exact) mass is 275 g/mol. The van der Waals surface area contributed by atoms with Crippen LogP contribution in [0.15, 0.2) is 48.5 Å². The van der Waals surface area contributed by atoms with Gasteiger partial charge in [-0.3, -0.25) is 0 Å². The van der Waals surface area contributed by atoms with Gasteiger partial charge < -0.3 is 10.1 Å². The van der Waals surface area contributed by atoms with Crippen LogP contribution in [0.25, 0.3) is 0 Å². The van der Waals surface area contributed by atoms with Crippen molar-refractivity contribution in [2.45, 2.75) is 19.6 Å². The lowest BCUT2D eigenvalue weighted by Crippen LogP contribution is -2.12. The van der Waals surface area contributed by atoms with Crippen molar-refractivity contribution < 1.29 is 4.74 Å². The van der Waals surface area contributed by atoms with Crippen molar-refractivity contribution in [3.63, 3.8) is 0 Å². The number of nitrogens with one attached hydrogen (secondary N) is 1. The molecule has 2 rings (SSSR count). The highest BCUT2D eigenvalue weighted by atomic mass is 35.5. The third kappa shape index (κ3) is 3.72. The Balaban J connectivity index is 2.05. The fourth-order valence-electron chi connectivity index (χ4n) is 1.81. The maximum Gasteiger partial charge on any atom is 0.138 e. The van der Waals surface area contributed by atoms with Crippen molar-refractivity contribution in [2.24, 2.45) is 0 Å². The van der Waals surface area contributed by atoms with Gasteiger partial charge in [0.2, 0.25) is 0 Å². The summed E-state index contributed by atoms with van der Waals surface area (Å²) in [5.74, 6) is 0.720. The standard InChI is InChI=1S/C16H18ClNO/c1-12(18-2)14-8-9-16(15(17)10-14)19-11-13-6-4-3-5-7-13/h3-10,12,18H,11H2,1-2H3. The summed E-state index contributed by atoms with van der Waals surface area (Å²) in [6.45, 7) is 2.62. The summed E-state index contributed by atoms with van der Waals surface area (Å²) in [6.07, 6.45) is 0. The zero-order valence-electron chi connectivity index (χ0n) is 11.2. The van der Waals surface area contributed by atoms with Crippen LogP contribution in [0.5, 0.6) is 5.75 Å². The zero-order valence-corrected chi connectivity index (χ0v) is 11.9. The van der Waals surface area contributed by atoms with Crippen molar-refractivity contribution in [3.05, 3.63) is 64.7 Å². The summed E-state index contributed by atoms with van der Waals surface area (Å²) in [7, 11) is 1.93. The molecule has 3 heteroatoms. The Hall–Kier alpha value is -1.51. The van der Waals surface area contributed by atoms with Gasteiger partial charge in [-0.05, 0) is 37.2 Å². The van der Waals surface area contributed by atoms with Crippen LogP contribution in [0, 0.1) is 0 Å². The van der Waals surface area contributed by atoms with Crippen molar-refractivity contribution in [1.29, 1.82) is 0 Å². The van der Waals surface area contributed by atoms with Crippen LogP contribution in [0.1, 0.15) is 24.1 Å². The van der Waals surface area contributed by atoms with E-state index in [9.17, 15) is 0 Å². The Morgan fingerprint density at radius 3 is 2.53 bits per heavy atom. The van der Waals surface area contributed by atoms with Crippen LogP contribution in [0.2, 0.25) is 5.02 Å². The highest BCUT2D eigenvalue weighted by molar-refractivity contribution is 6.32. The second kappa shape index (κ2) is 6.60. The van der Waals surface area contributed by atoms with Crippen LogP contribution in [-0.2, 0) is 6.61 Å². The molecule has 0 saturated carbocycles. The minimum absolute atomic E-state index is 0.278. The number of benzene rings is 2. The molecule has 0 aliphatic rings. The molecule has 0 heterocycles. The first kappa shape index (κ1) is 13.9. The molecule has 0 aliphatic heterocycles. The molecule has 0 aromatic heterocycles. The lowest BCUT2D eigenvalue weighted by Gasteiger charge is -2.13. The van der Waals surface area contributed by atoms with E-state index < -0.39 is 0 Å². The predicted octanol–water partition coefficient (Wildman–Crippen LogP) is 4.20. The van der Waals surface area contributed by atoms with E-state index in [1.54, 1.807) is 0 Å².